The number of nitrogens with two attached hydrogens (primary N) is 1. The van der Waals surface area contributed by atoms with E-state index in [1.807, 2.05) is 0 Å². The minimum atomic E-state index is -4.79. The van der Waals surface area contributed by atoms with Gasteiger partial charge in [0.15, 0.2) is 0 Å². The predicted molar refractivity (Wildman–Crippen MR) is 62.5 cm³/mol. The third kappa shape index (κ3) is 5.05. The van der Waals surface area contributed by atoms with E-state index in [0.29, 0.717) is 11.0 Å². The van der Waals surface area contributed by atoms with Crippen molar-refractivity contribution in [3.05, 3.63) is 23.4 Å². The minimum absolute atomic E-state index is 0.0284. The lowest BCUT2D eigenvalue weighted by Gasteiger charge is -2.26. The number of aliphatic hydroxyl groups excluding tert-OH is 1. The van der Waals surface area contributed by atoms with E-state index in [2.05, 4.69) is 4.98 Å². The Morgan fingerprint density at radius 1 is 1.14 bits per heavy atom. The Morgan fingerprint density at radius 3 is 2.19 bits per heavy atom. The monoisotopic (exact) mass is 317 g/mol. The highest BCUT2D eigenvalue weighted by atomic mass is 19.4. The van der Waals surface area contributed by atoms with Crippen molar-refractivity contribution < 1.29 is 31.4 Å². The number of alkyl halides is 6. The van der Waals surface area contributed by atoms with E-state index in [-0.39, 0.29) is 12.1 Å². The highest BCUT2D eigenvalue weighted by Gasteiger charge is 2.35. The molecule has 0 unspecified atom stereocenters. The van der Waals surface area contributed by atoms with Gasteiger partial charge in [0.05, 0.1) is 6.61 Å². The summed E-state index contributed by atoms with van der Waals surface area (Å²) >= 11 is 0. The number of pyridine rings is 1. The Labute approximate surface area is 116 Å². The van der Waals surface area contributed by atoms with Crippen molar-refractivity contribution in [1.29, 1.82) is 0 Å². The number of anilines is 1. The molecule has 0 aliphatic carbocycles. The van der Waals surface area contributed by atoms with Crippen LogP contribution >= 0.6 is 0 Å². The second-order valence-corrected chi connectivity index (χ2v) is 4.14. The van der Waals surface area contributed by atoms with Crippen LogP contribution in [0, 0.1) is 0 Å². The van der Waals surface area contributed by atoms with E-state index in [0.717, 1.165) is 6.07 Å². The van der Waals surface area contributed by atoms with Crippen molar-refractivity contribution >= 4 is 5.82 Å². The molecule has 0 spiro atoms. The zero-order valence-electron chi connectivity index (χ0n) is 10.7. The summed E-state index contributed by atoms with van der Waals surface area (Å²) in [7, 11) is 0. The van der Waals surface area contributed by atoms with Crippen molar-refractivity contribution in [2.75, 3.05) is 24.6 Å². The smallest absolute Gasteiger partial charge is 0.395 e. The Kier molecular flexibility index (Phi) is 5.40. The largest absolute Gasteiger partial charge is 0.433 e. The third-order valence-electron chi connectivity index (χ3n) is 2.51. The fraction of sp³-hybridized carbons (Fsp3) is 0.545. The van der Waals surface area contributed by atoms with Crippen LogP contribution in [-0.4, -0.2) is 36.0 Å². The fourth-order valence-corrected chi connectivity index (χ4v) is 1.67. The summed E-state index contributed by atoms with van der Waals surface area (Å²) < 4.78 is 75.3. The minimum Gasteiger partial charge on any atom is -0.395 e. The number of hydrogen-bond acceptors (Lipinski definition) is 4. The average molecular weight is 317 g/mol. The third-order valence-corrected chi connectivity index (χ3v) is 2.51. The van der Waals surface area contributed by atoms with Crippen molar-refractivity contribution in [2.24, 2.45) is 5.73 Å². The lowest BCUT2D eigenvalue weighted by molar-refractivity contribution is -0.141. The first-order valence-electron chi connectivity index (χ1n) is 5.78. The van der Waals surface area contributed by atoms with Gasteiger partial charge in [0.2, 0.25) is 0 Å². The van der Waals surface area contributed by atoms with E-state index in [1.54, 1.807) is 0 Å². The van der Waals surface area contributed by atoms with Gasteiger partial charge in [0.25, 0.3) is 0 Å². The summed E-state index contributed by atoms with van der Waals surface area (Å²) in [6, 6.07) is 1.63. The molecular weight excluding hydrogens is 304 g/mol. The second-order valence-electron chi connectivity index (χ2n) is 4.14. The van der Waals surface area contributed by atoms with Crippen LogP contribution < -0.4 is 10.6 Å². The maximum Gasteiger partial charge on any atom is 0.433 e. The molecule has 21 heavy (non-hydrogen) atoms. The van der Waals surface area contributed by atoms with Gasteiger partial charge in [-0.1, -0.05) is 6.07 Å². The Bertz CT molecular complexity index is 474. The lowest BCUT2D eigenvalue weighted by Crippen LogP contribution is -2.38. The maximum absolute atomic E-state index is 12.6. The highest BCUT2D eigenvalue weighted by molar-refractivity contribution is 5.48. The normalized spacial score (nSPS) is 12.6. The van der Waals surface area contributed by atoms with Gasteiger partial charge in [0, 0.05) is 18.7 Å². The molecule has 0 aliphatic rings. The molecule has 1 aromatic rings. The zero-order chi connectivity index (χ0) is 16.3. The summed E-state index contributed by atoms with van der Waals surface area (Å²) in [5.41, 5.74) is 4.02. The van der Waals surface area contributed by atoms with Crippen LogP contribution in [0.4, 0.5) is 32.2 Å². The number of nitrogens with zero attached hydrogens (tertiary/aromatic N) is 2. The van der Waals surface area contributed by atoms with Crippen LogP contribution in [0.2, 0.25) is 0 Å². The standard InChI is InChI=1S/C11H13F6N3O/c12-10(13,14)6-20(3-4-21)9-7(5-18)1-2-8(19-9)11(15,16)17/h1-2,21H,3-6,18H2. The number of hydrogen-bond donors (Lipinski definition) is 2. The molecule has 3 N–H and O–H groups in total. The molecule has 120 valence electrons. The van der Waals surface area contributed by atoms with Gasteiger partial charge in [-0.2, -0.15) is 26.3 Å². The Hall–Kier alpha value is -1.55. The first-order chi connectivity index (χ1) is 9.58. The van der Waals surface area contributed by atoms with E-state index in [4.69, 9.17) is 10.8 Å². The Morgan fingerprint density at radius 2 is 1.76 bits per heavy atom. The molecule has 0 amide bonds. The topological polar surface area (TPSA) is 62.4 Å². The first-order valence-corrected chi connectivity index (χ1v) is 5.78. The van der Waals surface area contributed by atoms with Gasteiger partial charge in [-0.05, 0) is 6.07 Å². The van der Waals surface area contributed by atoms with Crippen LogP contribution in [0.3, 0.4) is 0 Å². The van der Waals surface area contributed by atoms with Gasteiger partial charge < -0.3 is 15.7 Å². The van der Waals surface area contributed by atoms with Gasteiger partial charge in [-0.25, -0.2) is 4.98 Å². The van der Waals surface area contributed by atoms with E-state index in [1.165, 1.54) is 0 Å². The molecule has 0 saturated heterocycles. The predicted octanol–water partition coefficient (Wildman–Crippen LogP) is 1.92. The molecule has 0 atom stereocenters. The van der Waals surface area contributed by atoms with Gasteiger partial charge in [-0.15, -0.1) is 0 Å². The number of aromatic nitrogens is 1. The first kappa shape index (κ1) is 17.5. The maximum atomic E-state index is 12.6. The van der Waals surface area contributed by atoms with Crippen molar-refractivity contribution in [3.8, 4) is 0 Å². The molecule has 0 aromatic carbocycles. The zero-order valence-corrected chi connectivity index (χ0v) is 10.7. The van der Waals surface area contributed by atoms with Crippen LogP contribution in [0.15, 0.2) is 12.1 Å². The molecule has 4 nitrogen and oxygen atoms in total. The van der Waals surface area contributed by atoms with E-state index >= 15 is 0 Å². The number of aliphatic hydroxyl groups is 1. The molecule has 0 bridgehead atoms. The molecule has 1 aromatic heterocycles. The fourth-order valence-electron chi connectivity index (χ4n) is 1.67. The lowest BCUT2D eigenvalue weighted by atomic mass is 10.2. The summed E-state index contributed by atoms with van der Waals surface area (Å²) in [4.78, 5) is 3.75. The molecule has 0 aliphatic heterocycles. The second kappa shape index (κ2) is 6.48. The summed E-state index contributed by atoms with van der Waals surface area (Å²) in [5, 5.41) is 8.80. The highest BCUT2D eigenvalue weighted by Crippen LogP contribution is 2.31. The molecular formula is C11H13F6N3O. The molecule has 10 heteroatoms. The SMILES string of the molecule is NCc1ccc(C(F)(F)F)nc1N(CCO)CC(F)(F)F. The molecule has 0 fully saturated rings. The average Bonchev–Trinajstić information content (AvgIpc) is 2.35. The van der Waals surface area contributed by atoms with Crippen LogP contribution in [-0.2, 0) is 12.7 Å². The molecule has 1 rings (SSSR count). The van der Waals surface area contributed by atoms with E-state index < -0.39 is 43.6 Å². The molecule has 1 heterocycles. The van der Waals surface area contributed by atoms with Crippen LogP contribution in [0.1, 0.15) is 11.3 Å². The van der Waals surface area contributed by atoms with Gasteiger partial charge >= 0.3 is 12.4 Å². The van der Waals surface area contributed by atoms with E-state index in [9.17, 15) is 26.3 Å². The molecule has 0 radical (unpaired) electrons. The van der Waals surface area contributed by atoms with Crippen LogP contribution in [0.5, 0.6) is 0 Å². The van der Waals surface area contributed by atoms with Gasteiger partial charge in [0.1, 0.15) is 18.1 Å². The van der Waals surface area contributed by atoms with Crippen molar-refractivity contribution in [2.45, 2.75) is 18.9 Å². The van der Waals surface area contributed by atoms with Gasteiger partial charge in [-0.3, -0.25) is 0 Å². The molecule has 0 saturated carbocycles. The summed E-state index contributed by atoms with van der Waals surface area (Å²) in [6.07, 6.45) is -9.44. The summed E-state index contributed by atoms with van der Waals surface area (Å²) in [5.74, 6) is -0.529. The number of halogens is 6. The van der Waals surface area contributed by atoms with Crippen molar-refractivity contribution in [3.63, 3.8) is 0 Å². The van der Waals surface area contributed by atoms with Crippen LogP contribution in [0.25, 0.3) is 0 Å². The number of rotatable bonds is 5. The summed E-state index contributed by atoms with van der Waals surface area (Å²) in [6.45, 7) is -2.99. The van der Waals surface area contributed by atoms with Crippen molar-refractivity contribution in [1.82, 2.24) is 4.98 Å². The Balaban J connectivity index is 3.26. The quantitative estimate of drug-likeness (QED) is 0.815.